The largest absolute Gasteiger partial charge is 0.363 e. The second-order valence-electron chi connectivity index (χ2n) is 8.42. The summed E-state index contributed by atoms with van der Waals surface area (Å²) < 4.78 is 4.28. The SMILES string of the molecule is CNc1nc(C/C(C)=N/NC(=O)CC23CC4CC(CC(C4)C2)C3)ns1. The van der Waals surface area contributed by atoms with Crippen LogP contribution in [-0.2, 0) is 11.2 Å². The number of amides is 1. The van der Waals surface area contributed by atoms with Gasteiger partial charge in [0.15, 0.2) is 0 Å². The van der Waals surface area contributed by atoms with Crippen molar-refractivity contribution in [1.29, 1.82) is 0 Å². The monoisotopic (exact) mass is 361 g/mol. The molecule has 7 heteroatoms. The van der Waals surface area contributed by atoms with Gasteiger partial charge in [0.25, 0.3) is 0 Å². The van der Waals surface area contributed by atoms with Crippen molar-refractivity contribution in [2.45, 2.75) is 58.3 Å². The van der Waals surface area contributed by atoms with Crippen molar-refractivity contribution < 1.29 is 4.79 Å². The van der Waals surface area contributed by atoms with Crippen LogP contribution >= 0.6 is 11.5 Å². The molecular weight excluding hydrogens is 334 g/mol. The Morgan fingerprint density at radius 2 is 1.88 bits per heavy atom. The number of carbonyl (C=O) groups is 1. The number of nitrogens with zero attached hydrogens (tertiary/aromatic N) is 3. The van der Waals surface area contributed by atoms with E-state index in [-0.39, 0.29) is 11.3 Å². The van der Waals surface area contributed by atoms with Gasteiger partial charge in [-0.25, -0.2) is 10.4 Å². The van der Waals surface area contributed by atoms with E-state index in [1.165, 1.54) is 50.1 Å². The minimum atomic E-state index is 0.0726. The Labute approximate surface area is 153 Å². The molecule has 0 atom stereocenters. The van der Waals surface area contributed by atoms with Gasteiger partial charge in [0, 0.05) is 37.1 Å². The topological polar surface area (TPSA) is 79.3 Å². The van der Waals surface area contributed by atoms with E-state index in [2.05, 4.69) is 25.2 Å². The summed E-state index contributed by atoms with van der Waals surface area (Å²) in [6, 6.07) is 0. The number of aromatic nitrogens is 2. The number of hydrogen-bond acceptors (Lipinski definition) is 6. The molecule has 0 unspecified atom stereocenters. The first-order valence-corrected chi connectivity index (χ1v) is 10.1. The third-order valence-corrected chi connectivity index (χ3v) is 6.94. The lowest BCUT2D eigenvalue weighted by molar-refractivity contribution is -0.129. The van der Waals surface area contributed by atoms with E-state index in [0.717, 1.165) is 34.4 Å². The predicted octanol–water partition coefficient (Wildman–Crippen LogP) is 3.22. The van der Waals surface area contributed by atoms with Crippen LogP contribution in [0.3, 0.4) is 0 Å². The van der Waals surface area contributed by atoms with E-state index < -0.39 is 0 Å². The molecule has 4 bridgehead atoms. The van der Waals surface area contributed by atoms with Crippen molar-refractivity contribution in [2.24, 2.45) is 28.3 Å². The number of nitrogens with one attached hydrogen (secondary N) is 2. The highest BCUT2D eigenvalue weighted by Crippen LogP contribution is 2.61. The van der Waals surface area contributed by atoms with E-state index in [4.69, 9.17) is 0 Å². The van der Waals surface area contributed by atoms with E-state index >= 15 is 0 Å². The van der Waals surface area contributed by atoms with Crippen molar-refractivity contribution in [3.05, 3.63) is 5.82 Å². The standard InChI is InChI=1S/C18H27N5OS/c1-11(3-15-20-17(19-2)25-23-15)21-22-16(24)10-18-7-12-4-13(8-18)6-14(5-12)9-18/h12-14H,3-10H2,1-2H3,(H,22,24)(H,19,20,23)/b21-11+. The van der Waals surface area contributed by atoms with Gasteiger partial charge >= 0.3 is 0 Å². The molecule has 0 saturated heterocycles. The van der Waals surface area contributed by atoms with Gasteiger partial charge < -0.3 is 5.32 Å². The van der Waals surface area contributed by atoms with Crippen LogP contribution in [0.2, 0.25) is 0 Å². The maximum Gasteiger partial charge on any atom is 0.240 e. The predicted molar refractivity (Wildman–Crippen MR) is 99.6 cm³/mol. The summed E-state index contributed by atoms with van der Waals surface area (Å²) in [6.07, 6.45) is 9.20. The van der Waals surface area contributed by atoms with Crippen LogP contribution in [0.4, 0.5) is 5.13 Å². The number of hydrogen-bond donors (Lipinski definition) is 2. The molecule has 4 aliphatic carbocycles. The molecule has 1 aromatic rings. The Balaban J connectivity index is 1.31. The number of carbonyl (C=O) groups excluding carboxylic acids is 1. The zero-order valence-corrected chi connectivity index (χ0v) is 15.9. The molecule has 0 aliphatic heterocycles. The lowest BCUT2D eigenvalue weighted by Gasteiger charge is -2.56. The molecule has 5 rings (SSSR count). The van der Waals surface area contributed by atoms with E-state index in [0.29, 0.717) is 12.8 Å². The van der Waals surface area contributed by atoms with Crippen molar-refractivity contribution in [3.8, 4) is 0 Å². The minimum absolute atomic E-state index is 0.0726. The number of rotatable bonds is 6. The lowest BCUT2D eigenvalue weighted by atomic mass is 9.49. The molecule has 0 radical (unpaired) electrons. The zero-order chi connectivity index (χ0) is 17.4. The second kappa shape index (κ2) is 6.67. The molecule has 0 aromatic carbocycles. The van der Waals surface area contributed by atoms with Crippen molar-refractivity contribution in [1.82, 2.24) is 14.8 Å². The number of anilines is 1. The summed E-state index contributed by atoms with van der Waals surface area (Å²) in [5.74, 6) is 3.44. The fourth-order valence-corrected chi connectivity index (χ4v) is 6.27. The second-order valence-corrected chi connectivity index (χ2v) is 9.17. The van der Waals surface area contributed by atoms with Crippen LogP contribution < -0.4 is 10.7 Å². The molecule has 4 aliphatic rings. The Bertz CT molecular complexity index is 647. The molecule has 1 aromatic heterocycles. The average molecular weight is 362 g/mol. The first-order chi connectivity index (χ1) is 12.0. The highest BCUT2D eigenvalue weighted by atomic mass is 32.1. The molecule has 4 fully saturated rings. The molecule has 25 heavy (non-hydrogen) atoms. The molecule has 6 nitrogen and oxygen atoms in total. The maximum atomic E-state index is 12.5. The van der Waals surface area contributed by atoms with Gasteiger partial charge in [-0.2, -0.15) is 9.47 Å². The molecule has 1 amide bonds. The Morgan fingerprint density at radius 3 is 2.44 bits per heavy atom. The van der Waals surface area contributed by atoms with Gasteiger partial charge in [-0.05, 0) is 68.6 Å². The lowest BCUT2D eigenvalue weighted by Crippen LogP contribution is -2.47. The van der Waals surface area contributed by atoms with E-state index in [1.54, 1.807) is 0 Å². The highest BCUT2D eigenvalue weighted by molar-refractivity contribution is 7.09. The van der Waals surface area contributed by atoms with Crippen molar-refractivity contribution >= 4 is 28.3 Å². The highest BCUT2D eigenvalue weighted by Gasteiger charge is 2.51. The normalized spacial score (nSPS) is 33.5. The van der Waals surface area contributed by atoms with Crippen LogP contribution in [-0.4, -0.2) is 28.0 Å². The number of hydrazone groups is 1. The van der Waals surface area contributed by atoms with Gasteiger partial charge in [-0.15, -0.1) is 0 Å². The first kappa shape index (κ1) is 16.9. The van der Waals surface area contributed by atoms with Crippen LogP contribution in [0.25, 0.3) is 0 Å². The molecule has 2 N–H and O–H groups in total. The van der Waals surface area contributed by atoms with Gasteiger partial charge in [-0.3, -0.25) is 4.79 Å². The minimum Gasteiger partial charge on any atom is -0.363 e. The third kappa shape index (κ3) is 3.71. The maximum absolute atomic E-state index is 12.5. The van der Waals surface area contributed by atoms with Gasteiger partial charge in [0.1, 0.15) is 5.82 Å². The zero-order valence-electron chi connectivity index (χ0n) is 15.0. The van der Waals surface area contributed by atoms with Gasteiger partial charge in [0.2, 0.25) is 11.0 Å². The Morgan fingerprint density at radius 1 is 1.24 bits per heavy atom. The first-order valence-electron chi connectivity index (χ1n) is 9.36. The van der Waals surface area contributed by atoms with Crippen LogP contribution in [0, 0.1) is 23.2 Å². The Kier molecular flexibility index (Phi) is 4.52. The van der Waals surface area contributed by atoms with Crippen molar-refractivity contribution in [2.75, 3.05) is 12.4 Å². The summed E-state index contributed by atoms with van der Waals surface area (Å²) >= 11 is 1.34. The van der Waals surface area contributed by atoms with Gasteiger partial charge in [0.05, 0.1) is 0 Å². The molecule has 4 saturated carbocycles. The summed E-state index contributed by atoms with van der Waals surface area (Å²) in [6.45, 7) is 1.91. The molecule has 0 spiro atoms. The third-order valence-electron chi connectivity index (χ3n) is 6.17. The van der Waals surface area contributed by atoms with E-state index in [9.17, 15) is 4.79 Å². The quantitative estimate of drug-likeness (QED) is 0.602. The fraction of sp³-hybridized carbons (Fsp3) is 0.778. The van der Waals surface area contributed by atoms with E-state index in [1.807, 2.05) is 14.0 Å². The summed E-state index contributed by atoms with van der Waals surface area (Å²) in [5.41, 5.74) is 3.88. The van der Waals surface area contributed by atoms with Gasteiger partial charge in [-0.1, -0.05) is 0 Å². The average Bonchev–Trinajstić information content (AvgIpc) is 2.99. The Hall–Kier alpha value is -1.50. The molecule has 1 heterocycles. The summed E-state index contributed by atoms with van der Waals surface area (Å²) in [7, 11) is 1.83. The van der Waals surface area contributed by atoms with Crippen LogP contribution in [0.1, 0.15) is 57.7 Å². The smallest absolute Gasteiger partial charge is 0.240 e. The van der Waals surface area contributed by atoms with Crippen LogP contribution in [0.15, 0.2) is 5.10 Å². The molecular formula is C18H27N5OS. The summed E-state index contributed by atoms with van der Waals surface area (Å²) in [5, 5.41) is 8.05. The van der Waals surface area contributed by atoms with Crippen molar-refractivity contribution in [3.63, 3.8) is 0 Å². The van der Waals surface area contributed by atoms with Crippen LogP contribution in [0.5, 0.6) is 0 Å². The molecule has 136 valence electrons. The fourth-order valence-electron chi connectivity index (χ4n) is 5.74. The summed E-state index contributed by atoms with van der Waals surface area (Å²) in [4.78, 5) is 16.8.